The van der Waals surface area contributed by atoms with Crippen LogP contribution in [0.4, 0.5) is 10.1 Å². The van der Waals surface area contributed by atoms with Crippen molar-refractivity contribution in [1.29, 1.82) is 0 Å². The first kappa shape index (κ1) is 11.2. The fourth-order valence-electron chi connectivity index (χ4n) is 1.88. The SMILES string of the molecule is CNc1ccc(OC2CCNCC2)cc1F. The first-order valence-electron chi connectivity index (χ1n) is 5.64. The third kappa shape index (κ3) is 2.64. The Balaban J connectivity index is 2.01. The lowest BCUT2D eigenvalue weighted by atomic mass is 10.1. The van der Waals surface area contributed by atoms with Crippen molar-refractivity contribution in [1.82, 2.24) is 5.32 Å². The van der Waals surface area contributed by atoms with Gasteiger partial charge in [-0.05, 0) is 38.1 Å². The van der Waals surface area contributed by atoms with Gasteiger partial charge in [0.15, 0.2) is 0 Å². The van der Waals surface area contributed by atoms with Gasteiger partial charge in [0, 0.05) is 13.1 Å². The Morgan fingerprint density at radius 1 is 1.38 bits per heavy atom. The Bertz CT molecular complexity index is 351. The van der Waals surface area contributed by atoms with Crippen molar-refractivity contribution in [3.63, 3.8) is 0 Å². The largest absolute Gasteiger partial charge is 0.490 e. The number of piperidine rings is 1. The van der Waals surface area contributed by atoms with Crippen LogP contribution < -0.4 is 15.4 Å². The predicted molar refractivity (Wildman–Crippen MR) is 62.5 cm³/mol. The fraction of sp³-hybridized carbons (Fsp3) is 0.500. The third-order valence-electron chi connectivity index (χ3n) is 2.80. The molecule has 1 aromatic rings. The average molecular weight is 224 g/mol. The maximum Gasteiger partial charge on any atom is 0.149 e. The number of ether oxygens (including phenoxy) is 1. The number of hydrogen-bond acceptors (Lipinski definition) is 3. The van der Waals surface area contributed by atoms with E-state index in [4.69, 9.17) is 4.74 Å². The van der Waals surface area contributed by atoms with Gasteiger partial charge in [-0.1, -0.05) is 0 Å². The minimum atomic E-state index is -0.270. The molecule has 16 heavy (non-hydrogen) atoms. The van der Waals surface area contributed by atoms with Crippen LogP contribution in [0.2, 0.25) is 0 Å². The molecule has 1 saturated heterocycles. The molecule has 0 saturated carbocycles. The van der Waals surface area contributed by atoms with Gasteiger partial charge in [-0.25, -0.2) is 4.39 Å². The second-order valence-corrected chi connectivity index (χ2v) is 3.96. The molecule has 3 nitrogen and oxygen atoms in total. The summed E-state index contributed by atoms with van der Waals surface area (Å²) in [4.78, 5) is 0. The lowest BCUT2D eigenvalue weighted by Gasteiger charge is -2.23. The van der Waals surface area contributed by atoms with E-state index in [1.54, 1.807) is 19.2 Å². The molecule has 88 valence electrons. The molecule has 0 amide bonds. The number of benzene rings is 1. The first-order valence-corrected chi connectivity index (χ1v) is 5.64. The molecular formula is C12H17FN2O. The van der Waals surface area contributed by atoms with Crippen LogP contribution in [0, 0.1) is 5.82 Å². The molecule has 2 N–H and O–H groups in total. The van der Waals surface area contributed by atoms with Crippen molar-refractivity contribution in [2.45, 2.75) is 18.9 Å². The Labute approximate surface area is 95.0 Å². The second kappa shape index (κ2) is 5.16. The van der Waals surface area contributed by atoms with E-state index in [0.717, 1.165) is 25.9 Å². The van der Waals surface area contributed by atoms with Crippen molar-refractivity contribution in [2.75, 3.05) is 25.5 Å². The van der Waals surface area contributed by atoms with E-state index in [-0.39, 0.29) is 11.9 Å². The molecule has 4 heteroatoms. The molecule has 1 aromatic carbocycles. The molecule has 1 aliphatic heterocycles. The van der Waals surface area contributed by atoms with Gasteiger partial charge in [0.25, 0.3) is 0 Å². The van der Waals surface area contributed by atoms with E-state index in [1.165, 1.54) is 6.07 Å². The number of rotatable bonds is 3. The van der Waals surface area contributed by atoms with Gasteiger partial charge in [-0.2, -0.15) is 0 Å². The predicted octanol–water partition coefficient (Wildman–Crippen LogP) is 2.00. The number of anilines is 1. The van der Waals surface area contributed by atoms with Crippen LogP contribution in [0.1, 0.15) is 12.8 Å². The van der Waals surface area contributed by atoms with E-state index >= 15 is 0 Å². The summed E-state index contributed by atoms with van der Waals surface area (Å²) in [5, 5.41) is 6.05. The molecule has 0 bridgehead atoms. The van der Waals surface area contributed by atoms with E-state index in [9.17, 15) is 4.39 Å². The van der Waals surface area contributed by atoms with Gasteiger partial charge in [0.2, 0.25) is 0 Å². The summed E-state index contributed by atoms with van der Waals surface area (Å²) in [5.41, 5.74) is 0.498. The monoisotopic (exact) mass is 224 g/mol. The zero-order chi connectivity index (χ0) is 11.4. The van der Waals surface area contributed by atoms with Crippen LogP contribution in [0.3, 0.4) is 0 Å². The van der Waals surface area contributed by atoms with Crippen molar-refractivity contribution < 1.29 is 9.13 Å². The van der Waals surface area contributed by atoms with Crippen LogP contribution in [0.15, 0.2) is 18.2 Å². The Hall–Kier alpha value is -1.29. The summed E-state index contributed by atoms with van der Waals surface area (Å²) in [6, 6.07) is 4.94. The highest BCUT2D eigenvalue weighted by atomic mass is 19.1. The van der Waals surface area contributed by atoms with Crippen LogP contribution in [0.5, 0.6) is 5.75 Å². The van der Waals surface area contributed by atoms with E-state index in [1.807, 2.05) is 0 Å². The minimum absolute atomic E-state index is 0.209. The van der Waals surface area contributed by atoms with Crippen LogP contribution in [-0.4, -0.2) is 26.2 Å². The molecule has 1 heterocycles. The standard InChI is InChI=1S/C12H17FN2O/c1-14-12-3-2-10(8-11(12)13)16-9-4-6-15-7-5-9/h2-3,8-9,14-15H,4-7H2,1H3. The smallest absolute Gasteiger partial charge is 0.149 e. The number of nitrogens with one attached hydrogen (secondary N) is 2. The van der Waals surface area contributed by atoms with Gasteiger partial charge in [0.1, 0.15) is 17.7 Å². The van der Waals surface area contributed by atoms with Gasteiger partial charge < -0.3 is 15.4 Å². The highest BCUT2D eigenvalue weighted by Gasteiger charge is 2.14. The normalized spacial score (nSPS) is 17.1. The molecule has 0 radical (unpaired) electrons. The van der Waals surface area contributed by atoms with Gasteiger partial charge in [-0.3, -0.25) is 0 Å². The van der Waals surface area contributed by atoms with E-state index in [2.05, 4.69) is 10.6 Å². The Kier molecular flexibility index (Phi) is 3.62. The Morgan fingerprint density at radius 2 is 2.12 bits per heavy atom. The average Bonchev–Trinajstić information content (AvgIpc) is 2.31. The van der Waals surface area contributed by atoms with Crippen molar-refractivity contribution in [2.24, 2.45) is 0 Å². The molecular weight excluding hydrogens is 207 g/mol. The Morgan fingerprint density at radius 3 is 2.75 bits per heavy atom. The number of hydrogen-bond donors (Lipinski definition) is 2. The zero-order valence-electron chi connectivity index (χ0n) is 9.42. The van der Waals surface area contributed by atoms with Crippen LogP contribution in [0.25, 0.3) is 0 Å². The lowest BCUT2D eigenvalue weighted by molar-refractivity contribution is 0.162. The van der Waals surface area contributed by atoms with E-state index < -0.39 is 0 Å². The molecule has 0 aliphatic carbocycles. The summed E-state index contributed by atoms with van der Waals surface area (Å²) >= 11 is 0. The van der Waals surface area contributed by atoms with Crippen molar-refractivity contribution >= 4 is 5.69 Å². The fourth-order valence-corrected chi connectivity index (χ4v) is 1.88. The minimum Gasteiger partial charge on any atom is -0.490 e. The summed E-state index contributed by atoms with van der Waals surface area (Å²) < 4.78 is 19.2. The van der Waals surface area contributed by atoms with Crippen molar-refractivity contribution in [3.8, 4) is 5.75 Å². The summed E-state index contributed by atoms with van der Waals surface area (Å²) in [7, 11) is 1.70. The zero-order valence-corrected chi connectivity index (χ0v) is 9.42. The van der Waals surface area contributed by atoms with Crippen LogP contribution in [-0.2, 0) is 0 Å². The van der Waals surface area contributed by atoms with E-state index in [0.29, 0.717) is 11.4 Å². The first-order chi connectivity index (χ1) is 7.79. The highest BCUT2D eigenvalue weighted by Crippen LogP contribution is 2.22. The molecule has 0 unspecified atom stereocenters. The van der Waals surface area contributed by atoms with Crippen molar-refractivity contribution in [3.05, 3.63) is 24.0 Å². The van der Waals surface area contributed by atoms with Gasteiger partial charge in [0.05, 0.1) is 5.69 Å². The summed E-state index contributed by atoms with van der Waals surface area (Å²) in [6.45, 7) is 1.95. The molecule has 2 rings (SSSR count). The van der Waals surface area contributed by atoms with Gasteiger partial charge >= 0.3 is 0 Å². The summed E-state index contributed by atoms with van der Waals surface area (Å²) in [5.74, 6) is 0.345. The maximum absolute atomic E-state index is 13.4. The molecule has 1 aliphatic rings. The quantitative estimate of drug-likeness (QED) is 0.824. The summed E-state index contributed by atoms with van der Waals surface area (Å²) in [6.07, 6.45) is 2.17. The third-order valence-corrected chi connectivity index (χ3v) is 2.80. The van der Waals surface area contributed by atoms with Crippen LogP contribution >= 0.6 is 0 Å². The second-order valence-electron chi connectivity index (χ2n) is 3.96. The number of halogens is 1. The molecule has 1 fully saturated rings. The maximum atomic E-state index is 13.4. The topological polar surface area (TPSA) is 33.3 Å². The molecule has 0 aromatic heterocycles. The molecule has 0 spiro atoms. The highest BCUT2D eigenvalue weighted by molar-refractivity contribution is 5.47. The molecule has 0 atom stereocenters. The lowest BCUT2D eigenvalue weighted by Crippen LogP contribution is -2.34. The van der Waals surface area contributed by atoms with Gasteiger partial charge in [-0.15, -0.1) is 0 Å².